The summed E-state index contributed by atoms with van der Waals surface area (Å²) < 4.78 is 7.85. The molecule has 1 saturated heterocycles. The maximum Gasteiger partial charge on any atom is 0.0843 e. The summed E-state index contributed by atoms with van der Waals surface area (Å²) >= 11 is 8.75. The van der Waals surface area contributed by atoms with Crippen LogP contribution in [0.4, 0.5) is 0 Å². The number of rotatable bonds is 6. The zero-order valence-electron chi connectivity index (χ0n) is 10.1. The summed E-state index contributed by atoms with van der Waals surface area (Å²) in [6, 6.07) is 2.37. The van der Waals surface area contributed by atoms with E-state index in [1.54, 1.807) is 11.3 Å². The minimum atomic E-state index is 0.235. The predicted molar refractivity (Wildman–Crippen MR) is 82.6 cm³/mol. The first kappa shape index (κ1) is 14.9. The average molecular weight is 398 g/mol. The molecular weight excluding hydrogens is 380 g/mol. The van der Waals surface area contributed by atoms with E-state index in [1.165, 1.54) is 17.7 Å². The third-order valence-corrected chi connectivity index (χ3v) is 6.62. The summed E-state index contributed by atoms with van der Waals surface area (Å²) in [5.41, 5.74) is 2.91. The Morgan fingerprint density at radius 1 is 1.56 bits per heavy atom. The summed E-state index contributed by atoms with van der Waals surface area (Å²) in [5, 5.41) is 0. The van der Waals surface area contributed by atoms with E-state index in [0.29, 0.717) is 6.10 Å². The molecule has 1 aromatic rings. The van der Waals surface area contributed by atoms with Crippen molar-refractivity contribution in [2.45, 2.75) is 44.2 Å². The number of hydrogen-bond donors (Lipinski definition) is 2. The Morgan fingerprint density at radius 2 is 2.39 bits per heavy atom. The van der Waals surface area contributed by atoms with Crippen molar-refractivity contribution in [1.82, 2.24) is 5.43 Å². The van der Waals surface area contributed by atoms with Crippen LogP contribution < -0.4 is 11.3 Å². The van der Waals surface area contributed by atoms with E-state index in [9.17, 15) is 0 Å². The van der Waals surface area contributed by atoms with Gasteiger partial charge in [0.2, 0.25) is 0 Å². The molecule has 2 rings (SSSR count). The standard InChI is InChI=1S/C12H18Br2N2OS/c13-9-7-11(18-12(9)14)10(16-15)5-1-3-8-4-2-6-17-8/h7-8,10,16H,1-6,15H2. The number of halogens is 2. The topological polar surface area (TPSA) is 47.3 Å². The summed E-state index contributed by atoms with van der Waals surface area (Å²) in [6.07, 6.45) is 6.25. The van der Waals surface area contributed by atoms with Gasteiger partial charge in [-0.3, -0.25) is 11.3 Å². The van der Waals surface area contributed by atoms with Crippen LogP contribution >= 0.6 is 43.2 Å². The van der Waals surface area contributed by atoms with Crippen molar-refractivity contribution in [1.29, 1.82) is 0 Å². The summed E-state index contributed by atoms with van der Waals surface area (Å²) in [6.45, 7) is 0.939. The van der Waals surface area contributed by atoms with Crippen molar-refractivity contribution in [3.8, 4) is 0 Å². The quantitative estimate of drug-likeness (QED) is 0.560. The number of hydrazine groups is 1. The number of nitrogens with two attached hydrogens (primary N) is 1. The second-order valence-electron chi connectivity index (χ2n) is 4.56. The van der Waals surface area contributed by atoms with Gasteiger partial charge in [0.25, 0.3) is 0 Å². The Labute approximate surface area is 129 Å². The molecule has 0 aromatic carbocycles. The fourth-order valence-corrected chi connectivity index (χ4v) is 4.45. The van der Waals surface area contributed by atoms with E-state index in [-0.39, 0.29) is 6.04 Å². The molecule has 1 fully saturated rings. The van der Waals surface area contributed by atoms with Crippen LogP contribution in [0, 0.1) is 0 Å². The number of ether oxygens (including phenoxy) is 1. The Balaban J connectivity index is 1.81. The Bertz CT molecular complexity index is 361. The number of nitrogens with one attached hydrogen (secondary N) is 1. The van der Waals surface area contributed by atoms with Gasteiger partial charge in [0, 0.05) is 16.0 Å². The van der Waals surface area contributed by atoms with E-state index >= 15 is 0 Å². The first-order valence-electron chi connectivity index (χ1n) is 6.23. The minimum absolute atomic E-state index is 0.235. The minimum Gasteiger partial charge on any atom is -0.378 e. The maximum absolute atomic E-state index is 5.65. The molecule has 2 heterocycles. The van der Waals surface area contributed by atoms with Gasteiger partial charge in [0.1, 0.15) is 0 Å². The monoisotopic (exact) mass is 396 g/mol. The second kappa shape index (κ2) is 7.36. The molecule has 18 heavy (non-hydrogen) atoms. The van der Waals surface area contributed by atoms with Gasteiger partial charge in [-0.25, -0.2) is 0 Å². The second-order valence-corrected chi connectivity index (χ2v) is 7.81. The molecule has 0 radical (unpaired) electrons. The molecule has 3 N–H and O–H groups in total. The van der Waals surface area contributed by atoms with Crippen molar-refractivity contribution >= 4 is 43.2 Å². The highest BCUT2D eigenvalue weighted by Gasteiger charge is 2.18. The first-order chi connectivity index (χ1) is 8.70. The normalized spacial score (nSPS) is 21.4. The van der Waals surface area contributed by atoms with Crippen molar-refractivity contribution in [2.75, 3.05) is 6.61 Å². The third-order valence-electron chi connectivity index (χ3n) is 3.25. The van der Waals surface area contributed by atoms with Gasteiger partial charge >= 0.3 is 0 Å². The SMILES string of the molecule is NNC(CCCC1CCCO1)c1cc(Br)c(Br)s1. The van der Waals surface area contributed by atoms with Gasteiger partial charge < -0.3 is 4.74 Å². The van der Waals surface area contributed by atoms with Gasteiger partial charge in [-0.15, -0.1) is 11.3 Å². The van der Waals surface area contributed by atoms with Crippen molar-refractivity contribution in [3.63, 3.8) is 0 Å². The molecule has 0 saturated carbocycles. The van der Waals surface area contributed by atoms with Crippen molar-refractivity contribution < 1.29 is 4.74 Å². The lowest BCUT2D eigenvalue weighted by molar-refractivity contribution is 0.101. The maximum atomic E-state index is 5.65. The van der Waals surface area contributed by atoms with Crippen LogP contribution in [0.3, 0.4) is 0 Å². The molecule has 1 aliphatic rings. The first-order valence-corrected chi connectivity index (χ1v) is 8.63. The Hall–Kier alpha value is 0.540. The lowest BCUT2D eigenvalue weighted by Gasteiger charge is -2.15. The van der Waals surface area contributed by atoms with E-state index in [2.05, 4.69) is 43.4 Å². The molecule has 1 aliphatic heterocycles. The molecule has 0 spiro atoms. The van der Waals surface area contributed by atoms with Crippen LogP contribution in [-0.4, -0.2) is 12.7 Å². The smallest absolute Gasteiger partial charge is 0.0843 e. The van der Waals surface area contributed by atoms with Crippen molar-refractivity contribution in [2.24, 2.45) is 5.84 Å². The molecule has 0 amide bonds. The lowest BCUT2D eigenvalue weighted by Crippen LogP contribution is -2.27. The molecule has 0 aliphatic carbocycles. The van der Waals surface area contributed by atoms with Crippen LogP contribution in [0.2, 0.25) is 0 Å². The third kappa shape index (κ3) is 4.02. The fourth-order valence-electron chi connectivity index (χ4n) is 2.26. The lowest BCUT2D eigenvalue weighted by atomic mass is 10.0. The van der Waals surface area contributed by atoms with E-state index in [0.717, 1.165) is 34.1 Å². The molecule has 102 valence electrons. The average Bonchev–Trinajstić information content (AvgIpc) is 2.96. The van der Waals surface area contributed by atoms with Crippen LogP contribution in [0.25, 0.3) is 0 Å². The van der Waals surface area contributed by atoms with Gasteiger partial charge in [-0.1, -0.05) is 0 Å². The number of hydrogen-bond acceptors (Lipinski definition) is 4. The fraction of sp³-hybridized carbons (Fsp3) is 0.667. The van der Waals surface area contributed by atoms with E-state index in [1.807, 2.05) is 0 Å². The van der Waals surface area contributed by atoms with E-state index < -0.39 is 0 Å². The highest BCUT2D eigenvalue weighted by molar-refractivity contribution is 9.13. The highest BCUT2D eigenvalue weighted by Crippen LogP contribution is 2.36. The summed E-state index contributed by atoms with van der Waals surface area (Å²) in [7, 11) is 0. The highest BCUT2D eigenvalue weighted by atomic mass is 79.9. The molecule has 2 atom stereocenters. The Kier molecular flexibility index (Phi) is 6.11. The van der Waals surface area contributed by atoms with Gasteiger partial charge in [0.15, 0.2) is 0 Å². The van der Waals surface area contributed by atoms with Crippen LogP contribution in [0.1, 0.15) is 43.0 Å². The van der Waals surface area contributed by atoms with Crippen LogP contribution in [0.15, 0.2) is 14.3 Å². The zero-order chi connectivity index (χ0) is 13.0. The van der Waals surface area contributed by atoms with Gasteiger partial charge in [0.05, 0.1) is 15.9 Å². The van der Waals surface area contributed by atoms with Gasteiger partial charge in [-0.2, -0.15) is 0 Å². The largest absolute Gasteiger partial charge is 0.378 e. The Morgan fingerprint density at radius 3 is 2.94 bits per heavy atom. The van der Waals surface area contributed by atoms with E-state index in [4.69, 9.17) is 10.6 Å². The van der Waals surface area contributed by atoms with Crippen LogP contribution in [-0.2, 0) is 4.74 Å². The zero-order valence-corrected chi connectivity index (χ0v) is 14.1. The predicted octanol–water partition coefficient (Wildman–Crippen LogP) is 4.13. The molecule has 6 heteroatoms. The summed E-state index contributed by atoms with van der Waals surface area (Å²) in [4.78, 5) is 1.27. The molecule has 3 nitrogen and oxygen atoms in total. The molecule has 1 aromatic heterocycles. The molecule has 0 bridgehead atoms. The molecule has 2 unspecified atom stereocenters. The van der Waals surface area contributed by atoms with Crippen LogP contribution in [0.5, 0.6) is 0 Å². The molecular formula is C12H18Br2N2OS. The summed E-state index contributed by atoms with van der Waals surface area (Å²) in [5.74, 6) is 5.65. The van der Waals surface area contributed by atoms with Gasteiger partial charge in [-0.05, 0) is 70.0 Å². The van der Waals surface area contributed by atoms with Crippen molar-refractivity contribution in [3.05, 3.63) is 19.2 Å². The number of thiophene rings is 1.